The van der Waals surface area contributed by atoms with Crippen molar-refractivity contribution < 1.29 is 14.1 Å². The van der Waals surface area contributed by atoms with Gasteiger partial charge in [-0.25, -0.2) is 0 Å². The zero-order chi connectivity index (χ0) is 16.2. The van der Waals surface area contributed by atoms with Gasteiger partial charge in [0.2, 0.25) is 11.8 Å². The fourth-order valence-corrected chi connectivity index (χ4v) is 2.52. The number of carbonyl (C=O) groups is 1. The molecular formula is C16H16N4O3. The zero-order valence-electron chi connectivity index (χ0n) is 12.7. The first-order valence-electron chi connectivity index (χ1n) is 7.28. The number of methoxy groups -OCH3 is 1. The van der Waals surface area contributed by atoms with Gasteiger partial charge in [-0.15, -0.1) is 0 Å². The van der Waals surface area contributed by atoms with E-state index in [9.17, 15) is 10.1 Å². The average molecular weight is 312 g/mol. The number of nitriles is 1. The summed E-state index contributed by atoms with van der Waals surface area (Å²) in [6, 6.07) is 8.87. The van der Waals surface area contributed by atoms with E-state index in [2.05, 4.69) is 10.5 Å². The number of anilines is 1. The van der Waals surface area contributed by atoms with Gasteiger partial charge in [0.05, 0.1) is 13.0 Å². The molecule has 1 atom stereocenters. The lowest BCUT2D eigenvalue weighted by Crippen LogP contribution is -2.33. The van der Waals surface area contributed by atoms with Crippen LogP contribution in [0, 0.1) is 17.4 Å². The quantitative estimate of drug-likeness (QED) is 0.683. The van der Waals surface area contributed by atoms with Crippen molar-refractivity contribution in [3.8, 4) is 23.2 Å². The maximum Gasteiger partial charge on any atom is 0.247 e. The van der Waals surface area contributed by atoms with E-state index < -0.39 is 0 Å². The van der Waals surface area contributed by atoms with E-state index in [1.165, 1.54) is 0 Å². The van der Waals surface area contributed by atoms with Crippen LogP contribution in [0.4, 0.5) is 5.88 Å². The van der Waals surface area contributed by atoms with Gasteiger partial charge in [-0.1, -0.05) is 5.16 Å². The van der Waals surface area contributed by atoms with Crippen molar-refractivity contribution in [1.82, 2.24) is 10.5 Å². The van der Waals surface area contributed by atoms with E-state index in [4.69, 9.17) is 9.26 Å². The number of rotatable bonds is 4. The highest BCUT2D eigenvalue weighted by Crippen LogP contribution is 2.27. The molecule has 1 amide bonds. The summed E-state index contributed by atoms with van der Waals surface area (Å²) in [5.74, 6) is 0.398. The van der Waals surface area contributed by atoms with Crippen LogP contribution in [0.2, 0.25) is 0 Å². The molecule has 2 heterocycles. The minimum absolute atomic E-state index is 0.134. The van der Waals surface area contributed by atoms with Gasteiger partial charge in [0.25, 0.3) is 0 Å². The molecule has 0 spiro atoms. The van der Waals surface area contributed by atoms with E-state index in [0.29, 0.717) is 12.2 Å². The van der Waals surface area contributed by atoms with Crippen molar-refractivity contribution in [1.29, 1.82) is 5.26 Å². The molecule has 1 unspecified atom stereocenters. The van der Waals surface area contributed by atoms with Gasteiger partial charge in [0.1, 0.15) is 11.4 Å². The van der Waals surface area contributed by atoms with Gasteiger partial charge in [0, 0.05) is 18.2 Å². The van der Waals surface area contributed by atoms with Gasteiger partial charge in [0.15, 0.2) is 6.19 Å². The predicted molar refractivity (Wildman–Crippen MR) is 82.6 cm³/mol. The van der Waals surface area contributed by atoms with Gasteiger partial charge in [-0.3, -0.25) is 4.79 Å². The summed E-state index contributed by atoms with van der Waals surface area (Å²) in [4.78, 5) is 13.3. The Labute approximate surface area is 133 Å². The second kappa shape index (κ2) is 6.50. The monoisotopic (exact) mass is 312 g/mol. The molecule has 0 bridgehead atoms. The van der Waals surface area contributed by atoms with Gasteiger partial charge < -0.3 is 14.6 Å². The molecule has 7 heteroatoms. The van der Waals surface area contributed by atoms with E-state index >= 15 is 0 Å². The summed E-state index contributed by atoms with van der Waals surface area (Å²) in [5, 5.41) is 16.3. The SMILES string of the molecule is COc1ccc(-c2cc(N(C#N)C(=O)C3CCNC3)on2)cc1. The minimum atomic E-state index is -0.269. The first-order valence-corrected chi connectivity index (χ1v) is 7.28. The Kier molecular flexibility index (Phi) is 4.26. The number of hydrogen-bond donors (Lipinski definition) is 1. The third-order valence-electron chi connectivity index (χ3n) is 3.83. The Morgan fingerprint density at radius 2 is 2.26 bits per heavy atom. The molecule has 1 aliphatic heterocycles. The number of nitrogens with zero attached hydrogens (tertiary/aromatic N) is 3. The molecule has 1 fully saturated rings. The standard InChI is InChI=1S/C16H16N4O3/c1-22-13-4-2-11(3-5-13)14-8-15(23-19-14)20(10-17)16(21)12-6-7-18-9-12/h2-5,8,12,18H,6-7,9H2,1H3. The van der Waals surface area contributed by atoms with Crippen LogP contribution in [0.15, 0.2) is 34.9 Å². The van der Waals surface area contributed by atoms with Crippen LogP contribution in [0.25, 0.3) is 11.3 Å². The van der Waals surface area contributed by atoms with E-state index in [1.54, 1.807) is 25.3 Å². The maximum absolute atomic E-state index is 12.4. The minimum Gasteiger partial charge on any atom is -0.497 e. The van der Waals surface area contributed by atoms with Crippen molar-refractivity contribution in [3.63, 3.8) is 0 Å². The van der Waals surface area contributed by atoms with Crippen LogP contribution in [-0.4, -0.2) is 31.3 Å². The van der Waals surface area contributed by atoms with Crippen molar-refractivity contribution in [2.45, 2.75) is 6.42 Å². The van der Waals surface area contributed by atoms with Gasteiger partial charge in [-0.2, -0.15) is 10.2 Å². The normalized spacial score (nSPS) is 16.8. The first kappa shape index (κ1) is 15.1. The fraction of sp³-hybridized carbons (Fsp3) is 0.312. The highest BCUT2D eigenvalue weighted by atomic mass is 16.5. The first-order chi connectivity index (χ1) is 11.2. The second-order valence-electron chi connectivity index (χ2n) is 5.24. The Morgan fingerprint density at radius 1 is 1.48 bits per heavy atom. The molecule has 7 nitrogen and oxygen atoms in total. The summed E-state index contributed by atoms with van der Waals surface area (Å²) in [6.45, 7) is 1.36. The van der Waals surface area contributed by atoms with Crippen LogP contribution in [-0.2, 0) is 4.79 Å². The molecule has 0 aliphatic carbocycles. The Balaban J connectivity index is 1.81. The predicted octanol–water partition coefficient (Wildman–Crippen LogP) is 1.77. The summed E-state index contributed by atoms with van der Waals surface area (Å²) in [6.07, 6.45) is 2.60. The molecule has 23 heavy (non-hydrogen) atoms. The molecule has 1 N–H and O–H groups in total. The van der Waals surface area contributed by atoms with Crippen LogP contribution in [0.5, 0.6) is 5.75 Å². The Morgan fingerprint density at radius 3 is 2.87 bits per heavy atom. The summed E-state index contributed by atoms with van der Waals surface area (Å²) in [7, 11) is 1.59. The lowest BCUT2D eigenvalue weighted by Gasteiger charge is -2.13. The largest absolute Gasteiger partial charge is 0.497 e. The number of benzene rings is 1. The summed E-state index contributed by atoms with van der Waals surface area (Å²) >= 11 is 0. The van der Waals surface area contributed by atoms with E-state index in [1.807, 2.05) is 18.3 Å². The highest BCUT2D eigenvalue weighted by molar-refractivity contribution is 5.97. The molecule has 1 aromatic carbocycles. The number of hydrogen-bond acceptors (Lipinski definition) is 6. The van der Waals surface area contributed by atoms with Gasteiger partial charge >= 0.3 is 0 Å². The lowest BCUT2D eigenvalue weighted by molar-refractivity contribution is -0.121. The average Bonchev–Trinajstić information content (AvgIpc) is 3.27. The van der Waals surface area contributed by atoms with Crippen LogP contribution < -0.4 is 15.0 Å². The zero-order valence-corrected chi connectivity index (χ0v) is 12.7. The third kappa shape index (κ3) is 3.03. The topological polar surface area (TPSA) is 91.4 Å². The number of amides is 1. The maximum atomic E-state index is 12.4. The molecular weight excluding hydrogens is 296 g/mol. The number of aromatic nitrogens is 1. The number of nitrogens with one attached hydrogen (secondary N) is 1. The Hall–Kier alpha value is -2.85. The fourth-order valence-electron chi connectivity index (χ4n) is 2.52. The number of ether oxygens (including phenoxy) is 1. The third-order valence-corrected chi connectivity index (χ3v) is 3.83. The smallest absolute Gasteiger partial charge is 0.247 e. The molecule has 2 aromatic rings. The Bertz CT molecular complexity index is 727. The molecule has 1 aliphatic rings. The lowest BCUT2D eigenvalue weighted by atomic mass is 10.1. The highest BCUT2D eigenvalue weighted by Gasteiger charge is 2.30. The molecule has 1 aromatic heterocycles. The van der Waals surface area contributed by atoms with E-state index in [-0.39, 0.29) is 17.7 Å². The van der Waals surface area contributed by atoms with Gasteiger partial charge in [-0.05, 0) is 37.2 Å². The van der Waals surface area contributed by atoms with E-state index in [0.717, 1.165) is 29.2 Å². The molecule has 0 saturated carbocycles. The molecule has 1 saturated heterocycles. The molecule has 0 radical (unpaired) electrons. The molecule has 3 rings (SSSR count). The summed E-state index contributed by atoms with van der Waals surface area (Å²) < 4.78 is 10.3. The van der Waals surface area contributed by atoms with Crippen LogP contribution in [0.3, 0.4) is 0 Å². The van der Waals surface area contributed by atoms with Crippen LogP contribution >= 0.6 is 0 Å². The van der Waals surface area contributed by atoms with Crippen molar-refractivity contribution >= 4 is 11.8 Å². The van der Waals surface area contributed by atoms with Crippen molar-refractivity contribution in [3.05, 3.63) is 30.3 Å². The van der Waals surface area contributed by atoms with Crippen molar-refractivity contribution in [2.75, 3.05) is 25.1 Å². The van der Waals surface area contributed by atoms with Crippen LogP contribution in [0.1, 0.15) is 6.42 Å². The summed E-state index contributed by atoms with van der Waals surface area (Å²) in [5.41, 5.74) is 1.37. The molecule has 118 valence electrons. The number of carbonyl (C=O) groups excluding carboxylic acids is 1. The van der Waals surface area contributed by atoms with Crippen molar-refractivity contribution in [2.24, 2.45) is 5.92 Å². The second-order valence-corrected chi connectivity index (χ2v) is 5.24.